The Kier molecular flexibility index (Phi) is 5.25. The Morgan fingerprint density at radius 3 is 2.75 bits per heavy atom. The first-order valence-electron chi connectivity index (χ1n) is 8.83. The van der Waals surface area contributed by atoms with Crippen LogP contribution < -0.4 is 15.0 Å². The van der Waals surface area contributed by atoms with Gasteiger partial charge >= 0.3 is 0 Å². The molecule has 0 aliphatic carbocycles. The zero-order chi connectivity index (χ0) is 19.8. The molecule has 4 rings (SSSR count). The molecule has 0 unspecified atom stereocenters. The van der Waals surface area contributed by atoms with Gasteiger partial charge in [0.1, 0.15) is 5.82 Å². The van der Waals surface area contributed by atoms with E-state index in [2.05, 4.69) is 43.9 Å². The van der Waals surface area contributed by atoms with Gasteiger partial charge in [-0.25, -0.2) is 4.98 Å². The van der Waals surface area contributed by atoms with Crippen LogP contribution in [-0.2, 0) is 0 Å². The molecule has 0 fully saturated rings. The zero-order valence-electron chi connectivity index (χ0n) is 15.3. The second-order valence-corrected chi connectivity index (χ2v) is 8.30. The van der Waals surface area contributed by atoms with Crippen LogP contribution in [0, 0.1) is 0 Å². The smallest absolute Gasteiger partial charge is 0.282 e. The van der Waals surface area contributed by atoms with Crippen molar-refractivity contribution in [2.45, 2.75) is 26.2 Å². The fraction of sp³-hybridized carbons (Fsp3) is 0.250. The molecule has 1 aliphatic heterocycles. The minimum Gasteiger partial charge on any atom is -0.454 e. The highest BCUT2D eigenvalue weighted by Crippen LogP contribution is 2.36. The van der Waals surface area contributed by atoms with Crippen LogP contribution >= 0.6 is 31.9 Å². The normalized spacial score (nSPS) is 14.1. The van der Waals surface area contributed by atoms with Gasteiger partial charge < -0.3 is 9.47 Å². The van der Waals surface area contributed by atoms with Gasteiger partial charge in [0.2, 0.25) is 6.79 Å². The molecule has 1 aromatic heterocycles. The lowest BCUT2D eigenvalue weighted by atomic mass is 10.1. The van der Waals surface area contributed by atoms with Crippen LogP contribution in [0.15, 0.2) is 49.2 Å². The molecule has 0 radical (unpaired) electrons. The number of hydrogen-bond donors (Lipinski definition) is 0. The number of aromatic nitrogens is 2. The number of hydrogen-bond acceptors (Lipinski definition) is 5. The molecule has 1 atom stereocenters. The van der Waals surface area contributed by atoms with Crippen molar-refractivity contribution in [1.29, 1.82) is 0 Å². The highest BCUT2D eigenvalue weighted by atomic mass is 79.9. The Hall–Kier alpha value is -2.19. The first-order valence-corrected chi connectivity index (χ1v) is 10.4. The zero-order valence-corrected chi connectivity index (χ0v) is 18.4. The van der Waals surface area contributed by atoms with Crippen LogP contribution in [0.3, 0.4) is 0 Å². The fourth-order valence-electron chi connectivity index (χ4n) is 2.93. The Balaban J connectivity index is 1.86. The summed E-state index contributed by atoms with van der Waals surface area (Å²) in [6.45, 7) is 4.30. The van der Waals surface area contributed by atoms with Crippen molar-refractivity contribution in [2.24, 2.45) is 5.10 Å². The highest BCUT2D eigenvalue weighted by molar-refractivity contribution is 9.10. The van der Waals surface area contributed by atoms with Gasteiger partial charge in [-0.3, -0.25) is 4.79 Å². The van der Waals surface area contributed by atoms with E-state index in [-0.39, 0.29) is 18.3 Å². The van der Waals surface area contributed by atoms with Crippen molar-refractivity contribution in [3.63, 3.8) is 0 Å². The van der Waals surface area contributed by atoms with Gasteiger partial charge in [-0.1, -0.05) is 29.8 Å². The molecule has 2 heterocycles. The quantitative estimate of drug-likeness (QED) is 0.464. The van der Waals surface area contributed by atoms with Crippen LogP contribution in [-0.4, -0.2) is 22.7 Å². The van der Waals surface area contributed by atoms with Crippen LogP contribution in [0.2, 0.25) is 0 Å². The molecule has 2 aromatic carbocycles. The lowest BCUT2D eigenvalue weighted by molar-refractivity contribution is 0.174. The third-order valence-corrected chi connectivity index (χ3v) is 5.87. The average molecular weight is 507 g/mol. The summed E-state index contributed by atoms with van der Waals surface area (Å²) in [6, 6.07) is 9.15. The molecule has 144 valence electrons. The van der Waals surface area contributed by atoms with Crippen LogP contribution in [0.5, 0.6) is 11.5 Å². The van der Waals surface area contributed by atoms with Gasteiger partial charge in [-0.15, -0.1) is 0 Å². The maximum absolute atomic E-state index is 13.1. The summed E-state index contributed by atoms with van der Waals surface area (Å²) in [5.74, 6) is 2.05. The van der Waals surface area contributed by atoms with E-state index in [9.17, 15) is 4.79 Å². The van der Waals surface area contributed by atoms with Gasteiger partial charge in [0, 0.05) is 20.4 Å². The molecule has 6 nitrogen and oxygen atoms in total. The van der Waals surface area contributed by atoms with Crippen molar-refractivity contribution >= 4 is 49.0 Å². The minimum absolute atomic E-state index is 0.0816. The summed E-state index contributed by atoms with van der Waals surface area (Å²) >= 11 is 6.94. The lowest BCUT2D eigenvalue weighted by Gasteiger charge is -2.14. The second-order valence-electron chi connectivity index (χ2n) is 6.53. The number of benzene rings is 2. The maximum atomic E-state index is 13.1. The van der Waals surface area contributed by atoms with Crippen LogP contribution in [0.1, 0.15) is 37.6 Å². The van der Waals surface area contributed by atoms with Crippen LogP contribution in [0.4, 0.5) is 0 Å². The third-order valence-electron chi connectivity index (χ3n) is 4.69. The molecule has 28 heavy (non-hydrogen) atoms. The topological polar surface area (TPSA) is 65.7 Å². The number of nitrogens with zero attached hydrogens (tertiary/aromatic N) is 3. The largest absolute Gasteiger partial charge is 0.454 e. The molecule has 3 aromatic rings. The molecule has 0 saturated carbocycles. The van der Waals surface area contributed by atoms with E-state index in [1.807, 2.05) is 31.2 Å². The number of ether oxygens (including phenoxy) is 2. The fourth-order valence-corrected chi connectivity index (χ4v) is 3.72. The molecule has 1 aliphatic rings. The van der Waals surface area contributed by atoms with Crippen LogP contribution in [0.25, 0.3) is 10.9 Å². The standard InChI is InChI=1S/C20H17Br2N3O3/c1-3-11(2)19-24-16-5-4-13(21)7-14(16)20(26)25(19)23-9-12-6-17-18(8-15(12)22)28-10-27-17/h4-9,11H,3,10H2,1-2H3/t11-/m1/s1. The van der Waals surface area contributed by atoms with E-state index in [0.29, 0.717) is 28.2 Å². The molecule has 0 N–H and O–H groups in total. The van der Waals surface area contributed by atoms with Gasteiger partial charge in [-0.2, -0.15) is 9.78 Å². The average Bonchev–Trinajstić information content (AvgIpc) is 3.13. The first kappa shape index (κ1) is 19.1. The molecule has 0 spiro atoms. The van der Waals surface area contributed by atoms with E-state index in [1.165, 1.54) is 4.68 Å². The minimum atomic E-state index is -0.199. The molecule has 8 heteroatoms. The summed E-state index contributed by atoms with van der Waals surface area (Å²) in [7, 11) is 0. The predicted molar refractivity (Wildman–Crippen MR) is 116 cm³/mol. The Labute approximate surface area is 178 Å². The van der Waals surface area contributed by atoms with E-state index in [1.54, 1.807) is 12.3 Å². The SMILES string of the molecule is CC[C@@H](C)c1nc2ccc(Br)cc2c(=O)n1N=Cc1cc2c(cc1Br)OCO2. The van der Waals surface area contributed by atoms with E-state index in [4.69, 9.17) is 14.5 Å². The second kappa shape index (κ2) is 7.67. The number of rotatable bonds is 4. The highest BCUT2D eigenvalue weighted by Gasteiger charge is 2.17. The maximum Gasteiger partial charge on any atom is 0.282 e. The Morgan fingerprint density at radius 1 is 1.25 bits per heavy atom. The molecule has 0 saturated heterocycles. The summed E-state index contributed by atoms with van der Waals surface area (Å²) in [5, 5.41) is 5.00. The summed E-state index contributed by atoms with van der Waals surface area (Å²) in [4.78, 5) is 17.9. The lowest BCUT2D eigenvalue weighted by Crippen LogP contribution is -2.23. The van der Waals surface area contributed by atoms with Gasteiger partial charge in [-0.05, 0) is 52.7 Å². The van der Waals surface area contributed by atoms with Crippen molar-refractivity contribution in [2.75, 3.05) is 6.79 Å². The van der Waals surface area contributed by atoms with Gasteiger partial charge in [0.15, 0.2) is 11.5 Å². The van der Waals surface area contributed by atoms with Crippen molar-refractivity contribution < 1.29 is 9.47 Å². The predicted octanol–water partition coefficient (Wildman–Crippen LogP) is 5.05. The molecular formula is C20H17Br2N3O3. The number of halogens is 2. The third kappa shape index (κ3) is 3.46. The first-order chi connectivity index (χ1) is 13.5. The van der Waals surface area contributed by atoms with E-state index in [0.717, 1.165) is 20.9 Å². The molecular weight excluding hydrogens is 490 g/mol. The van der Waals surface area contributed by atoms with Gasteiger partial charge in [0.25, 0.3) is 5.56 Å². The van der Waals surface area contributed by atoms with E-state index >= 15 is 0 Å². The van der Waals surface area contributed by atoms with Crippen molar-refractivity contribution in [3.8, 4) is 11.5 Å². The summed E-state index contributed by atoms with van der Waals surface area (Å²) < 4.78 is 13.8. The van der Waals surface area contributed by atoms with Crippen molar-refractivity contribution in [3.05, 3.63) is 61.0 Å². The Morgan fingerprint density at radius 2 is 2.00 bits per heavy atom. The monoisotopic (exact) mass is 505 g/mol. The summed E-state index contributed by atoms with van der Waals surface area (Å²) in [5.41, 5.74) is 1.24. The number of fused-ring (bicyclic) bond motifs is 2. The van der Waals surface area contributed by atoms with E-state index < -0.39 is 0 Å². The van der Waals surface area contributed by atoms with Gasteiger partial charge in [0.05, 0.1) is 17.1 Å². The van der Waals surface area contributed by atoms with Crippen molar-refractivity contribution in [1.82, 2.24) is 9.66 Å². The molecule has 0 bridgehead atoms. The molecule has 0 amide bonds. The summed E-state index contributed by atoms with van der Waals surface area (Å²) in [6.07, 6.45) is 2.47. The Bertz CT molecular complexity index is 1160.